The zero-order chi connectivity index (χ0) is 7.98. The van der Waals surface area contributed by atoms with Gasteiger partial charge in [-0.2, -0.15) is 0 Å². The molecule has 0 saturated carbocycles. The van der Waals surface area contributed by atoms with E-state index in [2.05, 4.69) is 32.1 Å². The van der Waals surface area contributed by atoms with Crippen LogP contribution in [-0.4, -0.2) is 0 Å². The molecule has 0 saturated heterocycles. The van der Waals surface area contributed by atoms with E-state index in [0.29, 0.717) is 0 Å². The van der Waals surface area contributed by atoms with Gasteiger partial charge in [-0.05, 0) is 19.3 Å². The fourth-order valence-corrected chi connectivity index (χ4v) is 1.05. The third-order valence-electron chi connectivity index (χ3n) is 1.46. The Kier molecular flexibility index (Phi) is 5.00. The van der Waals surface area contributed by atoms with E-state index < -0.39 is 0 Å². The highest BCUT2D eigenvalue weighted by Gasteiger charge is 1.99. The molecule has 10 heavy (non-hydrogen) atoms. The van der Waals surface area contributed by atoms with Crippen LogP contribution in [0.1, 0.15) is 34.1 Å². The maximum atomic E-state index is 2.24. The minimum atomic E-state index is 0.764. The minimum absolute atomic E-state index is 0.764. The molecule has 58 valence electrons. The smallest absolute Gasteiger partial charge is 0.0222 e. The quantitative estimate of drug-likeness (QED) is 0.480. The van der Waals surface area contributed by atoms with E-state index in [9.17, 15) is 0 Å². The Labute approximate surface area is 64.6 Å². The van der Waals surface area contributed by atoms with Gasteiger partial charge in [0.05, 0.1) is 0 Å². The lowest BCUT2D eigenvalue weighted by atomic mass is 9.97. The van der Waals surface area contributed by atoms with Crippen LogP contribution >= 0.6 is 0 Å². The highest BCUT2D eigenvalue weighted by Crippen LogP contribution is 2.16. The Morgan fingerprint density at radius 3 is 2.30 bits per heavy atom. The third-order valence-corrected chi connectivity index (χ3v) is 1.46. The van der Waals surface area contributed by atoms with Crippen LogP contribution in [0.25, 0.3) is 0 Å². The van der Waals surface area contributed by atoms with Crippen molar-refractivity contribution in [3.63, 3.8) is 0 Å². The summed E-state index contributed by atoms with van der Waals surface area (Å²) in [5, 5.41) is 0. The summed E-state index contributed by atoms with van der Waals surface area (Å²) < 4.78 is 0. The molecule has 0 aromatic rings. The van der Waals surface area contributed by atoms with Gasteiger partial charge in [0.15, 0.2) is 0 Å². The molecule has 1 unspecified atom stereocenters. The zero-order valence-electron chi connectivity index (χ0n) is 7.52. The molecule has 0 heteroatoms. The van der Waals surface area contributed by atoms with E-state index in [1.54, 1.807) is 0 Å². The maximum Gasteiger partial charge on any atom is -0.0222 e. The second-order valence-electron chi connectivity index (χ2n) is 2.58. The lowest BCUT2D eigenvalue weighted by Crippen LogP contribution is -1.93. The molecule has 1 aliphatic carbocycles. The van der Waals surface area contributed by atoms with Crippen molar-refractivity contribution in [2.45, 2.75) is 34.1 Å². The van der Waals surface area contributed by atoms with Crippen molar-refractivity contribution in [2.24, 2.45) is 5.92 Å². The highest BCUT2D eigenvalue weighted by atomic mass is 14.1. The van der Waals surface area contributed by atoms with E-state index in [4.69, 9.17) is 0 Å². The van der Waals surface area contributed by atoms with Crippen molar-refractivity contribution in [1.82, 2.24) is 0 Å². The molecule has 1 atom stereocenters. The second kappa shape index (κ2) is 5.28. The van der Waals surface area contributed by atoms with Crippen LogP contribution in [0, 0.1) is 5.92 Å². The van der Waals surface area contributed by atoms with Gasteiger partial charge in [-0.1, -0.05) is 44.6 Å². The number of rotatable bonds is 0. The van der Waals surface area contributed by atoms with Crippen molar-refractivity contribution in [2.75, 3.05) is 0 Å². The Bertz CT molecular complexity index is 129. The Morgan fingerprint density at radius 1 is 1.40 bits per heavy atom. The fourth-order valence-electron chi connectivity index (χ4n) is 1.05. The van der Waals surface area contributed by atoms with Crippen LogP contribution in [0.2, 0.25) is 0 Å². The van der Waals surface area contributed by atoms with Crippen molar-refractivity contribution in [1.29, 1.82) is 0 Å². The largest absolute Gasteiger partial charge is 0.0814 e. The van der Waals surface area contributed by atoms with E-state index in [1.807, 2.05) is 13.8 Å². The Hall–Kier alpha value is -0.520. The number of hydrogen-bond acceptors (Lipinski definition) is 0. The van der Waals surface area contributed by atoms with Crippen LogP contribution in [0.5, 0.6) is 0 Å². The summed E-state index contributed by atoms with van der Waals surface area (Å²) in [5.74, 6) is 0.764. The predicted octanol–water partition coefficient (Wildman–Crippen LogP) is 3.55. The first kappa shape index (κ1) is 9.48. The van der Waals surface area contributed by atoms with Gasteiger partial charge in [0, 0.05) is 0 Å². The lowest BCUT2D eigenvalue weighted by Gasteiger charge is -2.08. The molecule has 0 bridgehead atoms. The van der Waals surface area contributed by atoms with Crippen LogP contribution in [-0.2, 0) is 0 Å². The summed E-state index contributed by atoms with van der Waals surface area (Å²) in [6.07, 6.45) is 7.81. The summed E-state index contributed by atoms with van der Waals surface area (Å²) in [7, 11) is 0. The molecular weight excluding hydrogens is 120 g/mol. The first-order chi connectivity index (χ1) is 4.79. The maximum absolute atomic E-state index is 2.24. The van der Waals surface area contributed by atoms with Crippen LogP contribution in [0.15, 0.2) is 23.8 Å². The second-order valence-corrected chi connectivity index (χ2v) is 2.58. The molecule has 0 heterocycles. The van der Waals surface area contributed by atoms with E-state index in [1.165, 1.54) is 12.0 Å². The molecule has 1 rings (SSSR count). The van der Waals surface area contributed by atoms with Crippen LogP contribution in [0.4, 0.5) is 0 Å². The van der Waals surface area contributed by atoms with Gasteiger partial charge in [-0.15, -0.1) is 0 Å². The Morgan fingerprint density at radius 2 is 2.00 bits per heavy atom. The molecular formula is C10H18. The van der Waals surface area contributed by atoms with E-state index in [0.717, 1.165) is 5.92 Å². The average Bonchev–Trinajstić information content (AvgIpc) is 1.91. The molecule has 0 fully saturated rings. The van der Waals surface area contributed by atoms with Gasteiger partial charge >= 0.3 is 0 Å². The summed E-state index contributed by atoms with van der Waals surface area (Å²) >= 11 is 0. The van der Waals surface area contributed by atoms with Crippen molar-refractivity contribution < 1.29 is 0 Å². The van der Waals surface area contributed by atoms with Crippen molar-refractivity contribution in [3.05, 3.63) is 23.8 Å². The lowest BCUT2D eigenvalue weighted by molar-refractivity contribution is 0.707. The summed E-state index contributed by atoms with van der Waals surface area (Å²) in [6.45, 7) is 8.42. The predicted molar refractivity (Wildman–Crippen MR) is 48.0 cm³/mol. The summed E-state index contributed by atoms with van der Waals surface area (Å²) in [5.41, 5.74) is 1.50. The van der Waals surface area contributed by atoms with Crippen LogP contribution < -0.4 is 0 Å². The van der Waals surface area contributed by atoms with E-state index >= 15 is 0 Å². The van der Waals surface area contributed by atoms with Gasteiger partial charge in [-0.3, -0.25) is 0 Å². The molecule has 0 radical (unpaired) electrons. The van der Waals surface area contributed by atoms with Gasteiger partial charge in [-0.25, -0.2) is 0 Å². The number of allylic oxidation sites excluding steroid dienone is 4. The summed E-state index contributed by atoms with van der Waals surface area (Å²) in [6, 6.07) is 0. The normalized spacial score (nSPS) is 22.8. The SMILES string of the molecule is CC.CC1=CC=CC(C)C1. The van der Waals surface area contributed by atoms with E-state index in [-0.39, 0.29) is 0 Å². The third kappa shape index (κ3) is 3.49. The molecule has 0 spiro atoms. The van der Waals surface area contributed by atoms with Crippen LogP contribution in [0.3, 0.4) is 0 Å². The first-order valence-corrected chi connectivity index (χ1v) is 4.13. The molecule has 1 aliphatic rings. The molecule has 0 aromatic heterocycles. The van der Waals surface area contributed by atoms with Crippen molar-refractivity contribution in [3.8, 4) is 0 Å². The molecule has 0 nitrogen and oxygen atoms in total. The average molecular weight is 138 g/mol. The van der Waals surface area contributed by atoms with Gasteiger partial charge in [0.2, 0.25) is 0 Å². The minimum Gasteiger partial charge on any atom is -0.0814 e. The number of hydrogen-bond donors (Lipinski definition) is 0. The topological polar surface area (TPSA) is 0 Å². The highest BCUT2D eigenvalue weighted by molar-refractivity contribution is 5.17. The van der Waals surface area contributed by atoms with Gasteiger partial charge < -0.3 is 0 Å². The molecule has 0 aliphatic heterocycles. The van der Waals surface area contributed by atoms with Gasteiger partial charge in [0.1, 0.15) is 0 Å². The zero-order valence-corrected chi connectivity index (χ0v) is 7.52. The monoisotopic (exact) mass is 138 g/mol. The standard InChI is InChI=1S/C8H12.C2H6/c1-7-4-3-5-8(2)6-7;1-2/h3-5,7H,6H2,1-2H3;1-2H3. The first-order valence-electron chi connectivity index (χ1n) is 4.13. The van der Waals surface area contributed by atoms with Gasteiger partial charge in [0.25, 0.3) is 0 Å². The Balaban J connectivity index is 0.000000371. The molecule has 0 amide bonds. The van der Waals surface area contributed by atoms with Crippen molar-refractivity contribution >= 4 is 0 Å². The fraction of sp³-hybridized carbons (Fsp3) is 0.600. The molecule has 0 aromatic carbocycles. The molecule has 0 N–H and O–H groups in total. The summed E-state index contributed by atoms with van der Waals surface area (Å²) in [4.78, 5) is 0.